The molecule has 26 heavy (non-hydrogen) atoms. The minimum absolute atomic E-state index is 0.180. The Morgan fingerprint density at radius 2 is 2.04 bits per heavy atom. The molecule has 1 saturated carbocycles. The quantitative estimate of drug-likeness (QED) is 0.624. The number of carbonyl (C=O) groups excluding carboxylic acids is 2. The van der Waals surface area contributed by atoms with Crippen molar-refractivity contribution in [2.24, 2.45) is 7.05 Å². The zero-order valence-corrected chi connectivity index (χ0v) is 15.4. The van der Waals surface area contributed by atoms with Crippen LogP contribution in [0.2, 0.25) is 5.15 Å². The first kappa shape index (κ1) is 18.2. The molecule has 1 aliphatic rings. The van der Waals surface area contributed by atoms with Crippen LogP contribution in [0.4, 0.5) is 0 Å². The molecular formula is C19H20ClN3O3. The minimum atomic E-state index is -0.987. The lowest BCUT2D eigenvalue weighted by Gasteiger charge is -2.17. The Balaban J connectivity index is 1.74. The van der Waals surface area contributed by atoms with E-state index in [1.807, 2.05) is 6.07 Å². The molecule has 6 nitrogen and oxygen atoms in total. The summed E-state index contributed by atoms with van der Waals surface area (Å²) in [6, 6.07) is 9.14. The van der Waals surface area contributed by atoms with Gasteiger partial charge in [0.25, 0.3) is 5.91 Å². The third-order valence-electron chi connectivity index (χ3n) is 4.08. The van der Waals surface area contributed by atoms with Crippen molar-refractivity contribution in [3.05, 3.63) is 58.4 Å². The summed E-state index contributed by atoms with van der Waals surface area (Å²) >= 11 is 6.15. The number of nitrogens with one attached hydrogen (secondary N) is 1. The van der Waals surface area contributed by atoms with Gasteiger partial charge in [-0.2, -0.15) is 5.10 Å². The van der Waals surface area contributed by atoms with E-state index in [9.17, 15) is 9.59 Å². The first-order valence-electron chi connectivity index (χ1n) is 8.39. The molecule has 1 heterocycles. The predicted octanol–water partition coefficient (Wildman–Crippen LogP) is 2.96. The van der Waals surface area contributed by atoms with E-state index in [1.165, 1.54) is 10.8 Å². The van der Waals surface area contributed by atoms with E-state index in [4.69, 9.17) is 16.3 Å². The average molecular weight is 374 g/mol. The molecule has 1 fully saturated rings. The van der Waals surface area contributed by atoms with Crippen LogP contribution in [0.5, 0.6) is 0 Å². The van der Waals surface area contributed by atoms with Crippen LogP contribution in [-0.2, 0) is 21.4 Å². The van der Waals surface area contributed by atoms with Gasteiger partial charge in [-0.3, -0.25) is 9.48 Å². The van der Waals surface area contributed by atoms with Gasteiger partial charge in [-0.25, -0.2) is 4.79 Å². The number of hydrogen-bond donors (Lipinski definition) is 1. The predicted molar refractivity (Wildman–Crippen MR) is 98.4 cm³/mol. The van der Waals surface area contributed by atoms with Crippen LogP contribution in [0.25, 0.3) is 6.08 Å². The molecule has 1 aromatic carbocycles. The molecule has 0 bridgehead atoms. The molecule has 7 heteroatoms. The van der Waals surface area contributed by atoms with Gasteiger partial charge in [-0.15, -0.1) is 0 Å². The highest BCUT2D eigenvalue weighted by atomic mass is 35.5. The van der Waals surface area contributed by atoms with Gasteiger partial charge in [-0.05, 0) is 25.8 Å². The number of amides is 1. The summed E-state index contributed by atoms with van der Waals surface area (Å²) in [5.41, 5.74) is 1.97. The molecule has 3 rings (SSSR count). The lowest BCUT2D eigenvalue weighted by atomic mass is 10.1. The Morgan fingerprint density at radius 3 is 2.62 bits per heavy atom. The zero-order valence-electron chi connectivity index (χ0n) is 14.6. The first-order chi connectivity index (χ1) is 12.5. The number of rotatable bonds is 6. The van der Waals surface area contributed by atoms with Gasteiger partial charge < -0.3 is 10.1 Å². The maximum Gasteiger partial charge on any atom is 0.331 e. The molecule has 1 atom stereocenters. The molecule has 0 spiro atoms. The SMILES string of the molecule is Cc1nn(C)c(Cl)c1/C=C/C(=O)OC(C(=O)NC1CC1)c1ccccc1. The fourth-order valence-corrected chi connectivity index (χ4v) is 2.79. The molecule has 0 aliphatic heterocycles. The van der Waals surface area contributed by atoms with Gasteiger partial charge in [0.15, 0.2) is 0 Å². The topological polar surface area (TPSA) is 73.2 Å². The van der Waals surface area contributed by atoms with E-state index in [0.29, 0.717) is 22.0 Å². The smallest absolute Gasteiger partial charge is 0.331 e. The van der Waals surface area contributed by atoms with Crippen molar-refractivity contribution in [1.82, 2.24) is 15.1 Å². The Morgan fingerprint density at radius 1 is 1.35 bits per heavy atom. The monoisotopic (exact) mass is 373 g/mol. The summed E-state index contributed by atoms with van der Waals surface area (Å²) in [5, 5.41) is 7.49. The van der Waals surface area contributed by atoms with E-state index in [0.717, 1.165) is 12.8 Å². The normalized spacial score (nSPS) is 15.0. The van der Waals surface area contributed by atoms with Crippen molar-refractivity contribution >= 4 is 29.6 Å². The van der Waals surface area contributed by atoms with Crippen LogP contribution >= 0.6 is 11.6 Å². The summed E-state index contributed by atoms with van der Waals surface area (Å²) in [6.45, 7) is 1.80. The number of carbonyl (C=O) groups is 2. The molecule has 136 valence electrons. The minimum Gasteiger partial charge on any atom is -0.444 e. The number of esters is 1. The summed E-state index contributed by atoms with van der Waals surface area (Å²) in [6.07, 6.45) is 3.74. The molecular weight excluding hydrogens is 354 g/mol. The van der Waals surface area contributed by atoms with Crippen molar-refractivity contribution in [1.29, 1.82) is 0 Å². The highest BCUT2D eigenvalue weighted by molar-refractivity contribution is 6.31. The summed E-state index contributed by atoms with van der Waals surface area (Å²) in [5.74, 6) is -0.930. The summed E-state index contributed by atoms with van der Waals surface area (Å²) in [7, 11) is 1.72. The number of nitrogens with zero attached hydrogens (tertiary/aromatic N) is 2. The lowest BCUT2D eigenvalue weighted by molar-refractivity contribution is -0.151. The third-order valence-corrected chi connectivity index (χ3v) is 4.53. The Kier molecular flexibility index (Phi) is 5.42. The van der Waals surface area contributed by atoms with Crippen LogP contribution in [-0.4, -0.2) is 27.7 Å². The Labute approximate surface area is 156 Å². The van der Waals surface area contributed by atoms with Crippen LogP contribution in [0.3, 0.4) is 0 Å². The van der Waals surface area contributed by atoms with Crippen LogP contribution in [0.15, 0.2) is 36.4 Å². The molecule has 1 aromatic heterocycles. The first-order valence-corrected chi connectivity index (χ1v) is 8.76. The standard InChI is InChI=1S/C19H20ClN3O3/c1-12-15(18(20)23(2)22-12)10-11-16(24)26-17(13-6-4-3-5-7-13)19(25)21-14-8-9-14/h3-7,10-11,14,17H,8-9H2,1-2H3,(H,21,25)/b11-10+. The second-order valence-electron chi connectivity index (χ2n) is 6.26. The van der Waals surface area contributed by atoms with Gasteiger partial charge in [0.05, 0.1) is 5.69 Å². The summed E-state index contributed by atoms with van der Waals surface area (Å²) in [4.78, 5) is 24.7. The number of aromatic nitrogens is 2. The van der Waals surface area contributed by atoms with E-state index >= 15 is 0 Å². The fourth-order valence-electron chi connectivity index (χ4n) is 2.55. The van der Waals surface area contributed by atoms with Crippen molar-refractivity contribution in [2.75, 3.05) is 0 Å². The van der Waals surface area contributed by atoms with E-state index < -0.39 is 12.1 Å². The molecule has 1 amide bonds. The largest absolute Gasteiger partial charge is 0.444 e. The Hall–Kier alpha value is -2.60. The maximum atomic E-state index is 12.5. The molecule has 1 unspecified atom stereocenters. The van der Waals surface area contributed by atoms with Gasteiger partial charge in [-0.1, -0.05) is 41.9 Å². The van der Waals surface area contributed by atoms with Gasteiger partial charge in [0.1, 0.15) is 5.15 Å². The maximum absolute atomic E-state index is 12.5. The van der Waals surface area contributed by atoms with E-state index in [-0.39, 0.29) is 11.9 Å². The second kappa shape index (κ2) is 7.74. The van der Waals surface area contributed by atoms with Gasteiger partial charge >= 0.3 is 5.97 Å². The molecule has 0 saturated heterocycles. The van der Waals surface area contributed by atoms with Gasteiger partial charge in [0.2, 0.25) is 6.10 Å². The zero-order chi connectivity index (χ0) is 18.7. The molecule has 1 N–H and O–H groups in total. The van der Waals surface area contributed by atoms with Crippen molar-refractivity contribution in [3.63, 3.8) is 0 Å². The molecule has 1 aliphatic carbocycles. The lowest BCUT2D eigenvalue weighted by Crippen LogP contribution is -2.33. The van der Waals surface area contributed by atoms with E-state index in [2.05, 4.69) is 10.4 Å². The van der Waals surface area contributed by atoms with E-state index in [1.54, 1.807) is 44.3 Å². The van der Waals surface area contributed by atoms with Crippen molar-refractivity contribution < 1.29 is 14.3 Å². The highest BCUT2D eigenvalue weighted by Crippen LogP contribution is 2.24. The second-order valence-corrected chi connectivity index (χ2v) is 6.62. The summed E-state index contributed by atoms with van der Waals surface area (Å²) < 4.78 is 6.95. The number of benzene rings is 1. The van der Waals surface area contributed by atoms with Crippen molar-refractivity contribution in [3.8, 4) is 0 Å². The van der Waals surface area contributed by atoms with Crippen molar-refractivity contribution in [2.45, 2.75) is 31.9 Å². The average Bonchev–Trinajstić information content (AvgIpc) is 3.39. The number of hydrogen-bond acceptors (Lipinski definition) is 4. The Bertz CT molecular complexity index is 841. The number of aryl methyl sites for hydroxylation is 2. The third kappa shape index (κ3) is 4.32. The molecule has 0 radical (unpaired) electrons. The fraction of sp³-hybridized carbons (Fsp3) is 0.316. The van der Waals surface area contributed by atoms with Gasteiger partial charge in [0, 0.05) is 30.3 Å². The van der Waals surface area contributed by atoms with Crippen LogP contribution < -0.4 is 5.32 Å². The molecule has 2 aromatic rings. The highest BCUT2D eigenvalue weighted by Gasteiger charge is 2.30. The number of halogens is 1. The number of ether oxygens (including phenoxy) is 1. The van der Waals surface area contributed by atoms with Crippen LogP contribution in [0.1, 0.15) is 35.8 Å². The van der Waals surface area contributed by atoms with Crippen LogP contribution in [0, 0.1) is 6.92 Å².